The Morgan fingerprint density at radius 1 is 1.40 bits per heavy atom. The van der Waals surface area contributed by atoms with E-state index in [0.29, 0.717) is 13.1 Å². The molecule has 0 aliphatic carbocycles. The van der Waals surface area contributed by atoms with Gasteiger partial charge < -0.3 is 4.90 Å². The summed E-state index contributed by atoms with van der Waals surface area (Å²) in [5.41, 5.74) is 1.45. The molecule has 0 saturated heterocycles. The molecule has 6 heteroatoms. The van der Waals surface area contributed by atoms with E-state index in [1.54, 1.807) is 30.0 Å². The average molecular weight is 296 g/mol. The zero-order valence-electron chi connectivity index (χ0n) is 12.2. The Morgan fingerprint density at radius 3 is 2.60 bits per heavy atom. The number of hydrogen-bond donors (Lipinski definition) is 1. The Balaban J connectivity index is 2.55. The molecule has 2 rings (SSSR count). The van der Waals surface area contributed by atoms with E-state index in [0.717, 1.165) is 11.3 Å². The van der Waals surface area contributed by atoms with Gasteiger partial charge in [-0.2, -0.15) is 0 Å². The number of benzene rings is 1. The van der Waals surface area contributed by atoms with Gasteiger partial charge in [-0.15, -0.1) is 0 Å². The van der Waals surface area contributed by atoms with Gasteiger partial charge in [0.15, 0.2) is 0 Å². The Hall–Kier alpha value is -1.40. The first kappa shape index (κ1) is 15.0. The molecule has 1 aromatic carbocycles. The predicted octanol–water partition coefficient (Wildman–Crippen LogP) is 1.63. The molecule has 1 aromatic rings. The van der Waals surface area contributed by atoms with E-state index in [-0.39, 0.29) is 16.2 Å². The molecule has 0 saturated carbocycles. The zero-order valence-corrected chi connectivity index (χ0v) is 13.0. The van der Waals surface area contributed by atoms with E-state index in [9.17, 15) is 13.2 Å². The van der Waals surface area contributed by atoms with Crippen molar-refractivity contribution in [2.45, 2.75) is 38.0 Å². The fourth-order valence-electron chi connectivity index (χ4n) is 2.58. The highest BCUT2D eigenvalue weighted by atomic mass is 32.2. The molecule has 110 valence electrons. The molecule has 0 unspecified atom stereocenters. The second kappa shape index (κ2) is 4.86. The zero-order chi connectivity index (χ0) is 15.1. The van der Waals surface area contributed by atoms with Crippen LogP contribution >= 0.6 is 0 Å². The third-order valence-corrected chi connectivity index (χ3v) is 5.11. The van der Waals surface area contributed by atoms with Crippen molar-refractivity contribution in [1.29, 1.82) is 0 Å². The molecule has 0 bridgehead atoms. The molecule has 1 heterocycles. The standard InChI is InChI=1S/C14H20N2O3S/c1-5-15-20(18,19)11-6-7-13-12(8-11)14(3,4)9-16(13)10(2)17/h6-8,15H,5,9H2,1-4H3. The van der Waals surface area contributed by atoms with Gasteiger partial charge in [0.1, 0.15) is 0 Å². The SMILES string of the molecule is CCNS(=O)(=O)c1ccc2c(c1)C(C)(C)CN2C(C)=O. The van der Waals surface area contributed by atoms with E-state index < -0.39 is 10.0 Å². The second-order valence-corrected chi connectivity index (χ2v) is 7.44. The number of anilines is 1. The maximum Gasteiger partial charge on any atom is 0.240 e. The lowest BCUT2D eigenvalue weighted by molar-refractivity contribution is -0.116. The number of hydrogen-bond acceptors (Lipinski definition) is 3. The minimum absolute atomic E-state index is 0.0286. The molecule has 1 aliphatic rings. The van der Waals surface area contributed by atoms with E-state index in [4.69, 9.17) is 0 Å². The summed E-state index contributed by atoms with van der Waals surface area (Å²) in [4.78, 5) is 13.6. The Bertz CT molecular complexity index is 650. The third-order valence-electron chi connectivity index (χ3n) is 3.57. The van der Waals surface area contributed by atoms with Crippen molar-refractivity contribution in [3.63, 3.8) is 0 Å². The van der Waals surface area contributed by atoms with Crippen LogP contribution in [-0.4, -0.2) is 27.4 Å². The largest absolute Gasteiger partial charge is 0.311 e. The van der Waals surface area contributed by atoms with Gasteiger partial charge in [-0.1, -0.05) is 20.8 Å². The van der Waals surface area contributed by atoms with Gasteiger partial charge in [-0.25, -0.2) is 13.1 Å². The molecule has 20 heavy (non-hydrogen) atoms. The van der Waals surface area contributed by atoms with Crippen LogP contribution < -0.4 is 9.62 Å². The van der Waals surface area contributed by atoms with Gasteiger partial charge in [-0.05, 0) is 23.8 Å². The fraction of sp³-hybridized carbons (Fsp3) is 0.500. The fourth-order valence-corrected chi connectivity index (χ4v) is 3.65. The summed E-state index contributed by atoms with van der Waals surface area (Å²) in [5, 5.41) is 0. The average Bonchev–Trinajstić information content (AvgIpc) is 2.61. The van der Waals surface area contributed by atoms with Gasteiger partial charge >= 0.3 is 0 Å². The number of nitrogens with zero attached hydrogens (tertiary/aromatic N) is 1. The summed E-state index contributed by atoms with van der Waals surface area (Å²) in [6, 6.07) is 4.94. The van der Waals surface area contributed by atoms with E-state index >= 15 is 0 Å². The van der Waals surface area contributed by atoms with Crippen LogP contribution in [-0.2, 0) is 20.2 Å². The van der Waals surface area contributed by atoms with Crippen LogP contribution in [0.2, 0.25) is 0 Å². The summed E-state index contributed by atoms with van der Waals surface area (Å²) in [5.74, 6) is -0.0286. The molecule has 5 nitrogen and oxygen atoms in total. The Kier molecular flexibility index (Phi) is 3.64. The van der Waals surface area contributed by atoms with Crippen LogP contribution in [0.25, 0.3) is 0 Å². The first-order valence-electron chi connectivity index (χ1n) is 6.61. The molecule has 1 N–H and O–H groups in total. The molecule has 0 atom stereocenters. The summed E-state index contributed by atoms with van der Waals surface area (Å²) < 4.78 is 26.6. The molecule has 0 spiro atoms. The number of carbonyl (C=O) groups excluding carboxylic acids is 1. The maximum absolute atomic E-state index is 12.1. The van der Waals surface area contributed by atoms with Gasteiger partial charge in [0.05, 0.1) is 4.90 Å². The summed E-state index contributed by atoms with van der Waals surface area (Å²) in [6.07, 6.45) is 0. The van der Waals surface area contributed by atoms with E-state index in [2.05, 4.69) is 4.72 Å². The topological polar surface area (TPSA) is 66.5 Å². The van der Waals surface area contributed by atoms with E-state index in [1.165, 1.54) is 6.92 Å². The van der Waals surface area contributed by atoms with Crippen molar-refractivity contribution in [2.24, 2.45) is 0 Å². The summed E-state index contributed by atoms with van der Waals surface area (Å²) in [7, 11) is -3.47. The monoisotopic (exact) mass is 296 g/mol. The predicted molar refractivity (Wildman–Crippen MR) is 78.4 cm³/mol. The van der Waals surface area contributed by atoms with Gasteiger partial charge in [0, 0.05) is 31.1 Å². The van der Waals surface area contributed by atoms with Crippen molar-refractivity contribution < 1.29 is 13.2 Å². The van der Waals surface area contributed by atoms with Crippen molar-refractivity contribution in [3.05, 3.63) is 23.8 Å². The molecule has 0 fully saturated rings. The highest BCUT2D eigenvalue weighted by Gasteiger charge is 2.37. The van der Waals surface area contributed by atoms with Crippen molar-refractivity contribution in [3.8, 4) is 0 Å². The maximum atomic E-state index is 12.1. The Labute approximate surface area is 120 Å². The highest BCUT2D eigenvalue weighted by molar-refractivity contribution is 7.89. The normalized spacial score (nSPS) is 17.1. The molecular formula is C14H20N2O3S. The first-order chi connectivity index (χ1) is 9.19. The lowest BCUT2D eigenvalue weighted by Crippen LogP contribution is -2.31. The molecule has 0 radical (unpaired) electrons. The summed E-state index contributed by atoms with van der Waals surface area (Å²) >= 11 is 0. The molecular weight excluding hydrogens is 276 g/mol. The van der Waals surface area contributed by atoms with Crippen LogP contribution in [0.15, 0.2) is 23.1 Å². The lowest BCUT2D eigenvalue weighted by Gasteiger charge is -2.19. The van der Waals surface area contributed by atoms with Crippen LogP contribution in [0.5, 0.6) is 0 Å². The molecule has 1 amide bonds. The van der Waals surface area contributed by atoms with Gasteiger partial charge in [-0.3, -0.25) is 4.79 Å². The minimum atomic E-state index is -3.47. The highest BCUT2D eigenvalue weighted by Crippen LogP contribution is 2.41. The minimum Gasteiger partial charge on any atom is -0.311 e. The smallest absolute Gasteiger partial charge is 0.240 e. The van der Waals surface area contributed by atoms with Gasteiger partial charge in [0.25, 0.3) is 0 Å². The van der Waals surface area contributed by atoms with E-state index in [1.807, 2.05) is 13.8 Å². The lowest BCUT2D eigenvalue weighted by atomic mass is 9.87. The first-order valence-corrected chi connectivity index (χ1v) is 8.09. The molecule has 0 aromatic heterocycles. The second-order valence-electron chi connectivity index (χ2n) is 5.67. The number of fused-ring (bicyclic) bond motifs is 1. The van der Waals surface area contributed by atoms with Crippen LogP contribution in [0, 0.1) is 0 Å². The van der Waals surface area contributed by atoms with Crippen LogP contribution in [0.4, 0.5) is 5.69 Å². The number of sulfonamides is 1. The van der Waals surface area contributed by atoms with Gasteiger partial charge in [0.2, 0.25) is 15.9 Å². The van der Waals surface area contributed by atoms with Crippen molar-refractivity contribution in [2.75, 3.05) is 18.0 Å². The number of amides is 1. The summed E-state index contributed by atoms with van der Waals surface area (Å²) in [6.45, 7) is 8.21. The Morgan fingerprint density at radius 2 is 2.05 bits per heavy atom. The molecule has 1 aliphatic heterocycles. The number of nitrogens with one attached hydrogen (secondary N) is 1. The number of carbonyl (C=O) groups is 1. The van der Waals surface area contributed by atoms with Crippen LogP contribution in [0.3, 0.4) is 0 Å². The quantitative estimate of drug-likeness (QED) is 0.922. The third kappa shape index (κ3) is 2.45. The van der Waals surface area contributed by atoms with Crippen molar-refractivity contribution >= 4 is 21.6 Å². The number of rotatable bonds is 3. The van der Waals surface area contributed by atoms with Crippen LogP contribution in [0.1, 0.15) is 33.3 Å². The van der Waals surface area contributed by atoms with Crippen molar-refractivity contribution in [1.82, 2.24) is 4.72 Å².